The lowest BCUT2D eigenvalue weighted by Gasteiger charge is -2.37. The summed E-state index contributed by atoms with van der Waals surface area (Å²) in [6.45, 7) is 6.43. The molecular weight excluding hydrogens is 248 g/mol. The summed E-state index contributed by atoms with van der Waals surface area (Å²) < 4.78 is 5.62. The Morgan fingerprint density at radius 2 is 2.00 bits per heavy atom. The first kappa shape index (κ1) is 14.1. The largest absolute Gasteiger partial charge is 0.378 e. The van der Waals surface area contributed by atoms with Gasteiger partial charge in [0.15, 0.2) is 0 Å². The summed E-state index contributed by atoms with van der Waals surface area (Å²) in [6, 6.07) is 12.1. The van der Waals surface area contributed by atoms with Crippen LogP contribution in [-0.4, -0.2) is 42.8 Å². The molecule has 1 aromatic rings. The number of nitrogens with one attached hydrogen (secondary N) is 1. The Labute approximate surface area is 122 Å². The van der Waals surface area contributed by atoms with Crippen LogP contribution in [0.1, 0.15) is 31.7 Å². The van der Waals surface area contributed by atoms with Crippen molar-refractivity contribution in [2.24, 2.45) is 0 Å². The molecule has 1 aromatic carbocycles. The van der Waals surface area contributed by atoms with E-state index in [-0.39, 0.29) is 0 Å². The highest BCUT2D eigenvalue weighted by Crippen LogP contribution is 2.25. The lowest BCUT2D eigenvalue weighted by molar-refractivity contribution is -0.0121. The minimum absolute atomic E-state index is 0.513. The van der Waals surface area contributed by atoms with E-state index in [2.05, 4.69) is 47.5 Å². The summed E-state index contributed by atoms with van der Waals surface area (Å²) in [5, 5.41) is 3.80. The molecule has 1 atom stereocenters. The Bertz CT molecular complexity index is 403. The predicted octanol–water partition coefficient (Wildman–Crippen LogP) is 2.42. The number of rotatable bonds is 6. The molecule has 3 nitrogen and oxygen atoms in total. The van der Waals surface area contributed by atoms with E-state index >= 15 is 0 Å². The number of hydrogen-bond acceptors (Lipinski definition) is 3. The lowest BCUT2D eigenvalue weighted by atomic mass is 9.88. The first-order valence-corrected chi connectivity index (χ1v) is 7.97. The predicted molar refractivity (Wildman–Crippen MR) is 81.7 cm³/mol. The fourth-order valence-corrected chi connectivity index (χ4v) is 3.36. The SMILES string of the molecule is CCOC1CC(NC2CCN(Cc3ccccc3)C2)C1. The number of nitrogens with zero attached hydrogens (tertiary/aromatic N) is 1. The van der Waals surface area contributed by atoms with Crippen LogP contribution >= 0.6 is 0 Å². The number of ether oxygens (including phenoxy) is 1. The second-order valence-corrected chi connectivity index (χ2v) is 6.12. The van der Waals surface area contributed by atoms with Crippen molar-refractivity contribution in [2.75, 3.05) is 19.7 Å². The highest BCUT2D eigenvalue weighted by molar-refractivity contribution is 5.14. The molecule has 1 heterocycles. The highest BCUT2D eigenvalue weighted by atomic mass is 16.5. The molecule has 0 bridgehead atoms. The van der Waals surface area contributed by atoms with E-state index in [0.717, 1.165) is 13.2 Å². The molecule has 1 saturated heterocycles. The van der Waals surface area contributed by atoms with E-state index in [1.807, 2.05) is 0 Å². The Balaban J connectivity index is 1.38. The van der Waals surface area contributed by atoms with Gasteiger partial charge in [-0.15, -0.1) is 0 Å². The van der Waals surface area contributed by atoms with Gasteiger partial charge in [-0.25, -0.2) is 0 Å². The van der Waals surface area contributed by atoms with E-state index in [1.54, 1.807) is 0 Å². The maximum absolute atomic E-state index is 5.62. The molecule has 1 aliphatic heterocycles. The number of benzene rings is 1. The second kappa shape index (κ2) is 6.70. The van der Waals surface area contributed by atoms with Gasteiger partial charge < -0.3 is 10.1 Å². The molecule has 3 heteroatoms. The average molecular weight is 274 g/mol. The van der Waals surface area contributed by atoms with Gasteiger partial charge >= 0.3 is 0 Å². The Hall–Kier alpha value is -0.900. The van der Waals surface area contributed by atoms with Gasteiger partial charge in [0.05, 0.1) is 6.10 Å². The van der Waals surface area contributed by atoms with Gasteiger partial charge in [-0.1, -0.05) is 30.3 Å². The first-order chi connectivity index (χ1) is 9.83. The van der Waals surface area contributed by atoms with Crippen molar-refractivity contribution in [1.82, 2.24) is 10.2 Å². The van der Waals surface area contributed by atoms with Gasteiger partial charge in [0.25, 0.3) is 0 Å². The van der Waals surface area contributed by atoms with Crippen molar-refractivity contribution < 1.29 is 4.74 Å². The molecule has 20 heavy (non-hydrogen) atoms. The molecule has 0 aromatic heterocycles. The highest BCUT2D eigenvalue weighted by Gasteiger charge is 2.32. The van der Waals surface area contributed by atoms with Crippen molar-refractivity contribution in [2.45, 2.75) is 50.9 Å². The molecule has 0 amide bonds. The van der Waals surface area contributed by atoms with Gasteiger partial charge in [-0.05, 0) is 31.7 Å². The van der Waals surface area contributed by atoms with Crippen LogP contribution in [-0.2, 0) is 11.3 Å². The summed E-state index contributed by atoms with van der Waals surface area (Å²) in [7, 11) is 0. The number of likely N-dealkylation sites (tertiary alicyclic amines) is 1. The van der Waals surface area contributed by atoms with Gasteiger partial charge in [0.2, 0.25) is 0 Å². The van der Waals surface area contributed by atoms with Crippen molar-refractivity contribution in [1.29, 1.82) is 0 Å². The molecule has 3 rings (SSSR count). The van der Waals surface area contributed by atoms with Crippen LogP contribution in [0.3, 0.4) is 0 Å². The third-order valence-corrected chi connectivity index (χ3v) is 4.49. The van der Waals surface area contributed by atoms with Gasteiger partial charge in [0, 0.05) is 38.3 Å². The minimum Gasteiger partial charge on any atom is -0.378 e. The summed E-state index contributed by atoms with van der Waals surface area (Å²) in [6.07, 6.45) is 4.19. The third-order valence-electron chi connectivity index (χ3n) is 4.49. The fourth-order valence-electron chi connectivity index (χ4n) is 3.36. The van der Waals surface area contributed by atoms with Crippen LogP contribution < -0.4 is 5.32 Å². The Morgan fingerprint density at radius 1 is 1.20 bits per heavy atom. The summed E-state index contributed by atoms with van der Waals surface area (Å²) in [4.78, 5) is 2.56. The maximum atomic E-state index is 5.62. The maximum Gasteiger partial charge on any atom is 0.0604 e. The molecule has 2 fully saturated rings. The van der Waals surface area contributed by atoms with Crippen molar-refractivity contribution in [3.63, 3.8) is 0 Å². The third kappa shape index (κ3) is 3.60. The van der Waals surface area contributed by atoms with Gasteiger partial charge in [-0.3, -0.25) is 4.90 Å². The standard InChI is InChI=1S/C17H26N2O/c1-2-20-17-10-16(11-17)18-15-8-9-19(13-15)12-14-6-4-3-5-7-14/h3-7,15-18H,2,8-13H2,1H3. The number of hydrogen-bond donors (Lipinski definition) is 1. The van der Waals surface area contributed by atoms with E-state index in [4.69, 9.17) is 4.74 Å². The van der Waals surface area contributed by atoms with Gasteiger partial charge in [-0.2, -0.15) is 0 Å². The molecule has 1 aliphatic carbocycles. The van der Waals surface area contributed by atoms with Crippen molar-refractivity contribution in [3.05, 3.63) is 35.9 Å². The Kier molecular flexibility index (Phi) is 4.71. The van der Waals surface area contributed by atoms with E-state index in [0.29, 0.717) is 18.2 Å². The summed E-state index contributed by atoms with van der Waals surface area (Å²) in [5.41, 5.74) is 1.42. The molecule has 110 valence electrons. The molecule has 0 radical (unpaired) electrons. The molecule has 1 saturated carbocycles. The zero-order valence-corrected chi connectivity index (χ0v) is 12.4. The molecule has 2 aliphatic rings. The second-order valence-electron chi connectivity index (χ2n) is 6.12. The minimum atomic E-state index is 0.513. The van der Waals surface area contributed by atoms with E-state index < -0.39 is 0 Å². The molecule has 1 N–H and O–H groups in total. The van der Waals surface area contributed by atoms with Crippen LogP contribution in [0.15, 0.2) is 30.3 Å². The average Bonchev–Trinajstić information content (AvgIpc) is 2.85. The summed E-state index contributed by atoms with van der Waals surface area (Å²) in [5.74, 6) is 0. The smallest absolute Gasteiger partial charge is 0.0604 e. The van der Waals surface area contributed by atoms with E-state index in [1.165, 1.54) is 37.9 Å². The van der Waals surface area contributed by atoms with E-state index in [9.17, 15) is 0 Å². The van der Waals surface area contributed by atoms with Crippen LogP contribution in [0.4, 0.5) is 0 Å². The molecular formula is C17H26N2O. The Morgan fingerprint density at radius 3 is 2.75 bits per heavy atom. The van der Waals surface area contributed by atoms with Crippen LogP contribution in [0, 0.1) is 0 Å². The van der Waals surface area contributed by atoms with Crippen molar-refractivity contribution in [3.8, 4) is 0 Å². The molecule has 1 unspecified atom stereocenters. The zero-order chi connectivity index (χ0) is 13.8. The van der Waals surface area contributed by atoms with Gasteiger partial charge in [0.1, 0.15) is 0 Å². The lowest BCUT2D eigenvalue weighted by Crippen LogP contribution is -2.50. The zero-order valence-electron chi connectivity index (χ0n) is 12.4. The van der Waals surface area contributed by atoms with Crippen LogP contribution in [0.5, 0.6) is 0 Å². The van der Waals surface area contributed by atoms with Crippen LogP contribution in [0.25, 0.3) is 0 Å². The fraction of sp³-hybridized carbons (Fsp3) is 0.647. The normalized spacial score (nSPS) is 30.4. The van der Waals surface area contributed by atoms with Crippen LogP contribution in [0.2, 0.25) is 0 Å². The molecule has 0 spiro atoms. The van der Waals surface area contributed by atoms with Crippen molar-refractivity contribution >= 4 is 0 Å². The quantitative estimate of drug-likeness (QED) is 0.862. The first-order valence-electron chi connectivity index (χ1n) is 7.97. The topological polar surface area (TPSA) is 24.5 Å². The monoisotopic (exact) mass is 274 g/mol. The summed E-state index contributed by atoms with van der Waals surface area (Å²) >= 11 is 0.